The van der Waals surface area contributed by atoms with Crippen molar-refractivity contribution in [2.24, 2.45) is 0 Å². The molecule has 0 spiro atoms. The first-order valence-corrected chi connectivity index (χ1v) is 3.27. The highest BCUT2D eigenvalue weighted by atomic mass is 16.4. The van der Waals surface area contributed by atoms with E-state index < -0.39 is 5.97 Å². The van der Waals surface area contributed by atoms with Crippen LogP contribution in [0.4, 0.5) is 5.69 Å². The molecular weight excluding hydrogens is 158 g/mol. The third kappa shape index (κ3) is 1.82. The second-order valence-electron chi connectivity index (χ2n) is 2.15. The molecule has 0 radical (unpaired) electrons. The van der Waals surface area contributed by atoms with Crippen molar-refractivity contribution in [2.75, 3.05) is 5.32 Å². The first-order valence-electron chi connectivity index (χ1n) is 3.27. The van der Waals surface area contributed by atoms with E-state index >= 15 is 0 Å². The van der Waals surface area contributed by atoms with Gasteiger partial charge in [0.25, 0.3) is 0 Å². The zero-order valence-electron chi connectivity index (χ0n) is 6.15. The molecule has 4 nitrogen and oxygen atoms in total. The Morgan fingerprint density at radius 1 is 1.50 bits per heavy atom. The Kier molecular flexibility index (Phi) is 2.42. The Hall–Kier alpha value is -1.84. The van der Waals surface area contributed by atoms with E-state index in [0.29, 0.717) is 12.1 Å². The molecule has 0 bridgehead atoms. The van der Waals surface area contributed by atoms with E-state index in [1.165, 1.54) is 12.1 Å². The first kappa shape index (κ1) is 8.26. The summed E-state index contributed by atoms with van der Waals surface area (Å²) >= 11 is 0. The van der Waals surface area contributed by atoms with Gasteiger partial charge < -0.3 is 10.4 Å². The van der Waals surface area contributed by atoms with E-state index in [1.807, 2.05) is 0 Å². The second kappa shape index (κ2) is 3.52. The fourth-order valence-electron chi connectivity index (χ4n) is 0.810. The SMILES string of the molecule is O=CNc1cccc(C(=O)O)c1. The van der Waals surface area contributed by atoms with Crippen LogP contribution in [0.15, 0.2) is 24.3 Å². The summed E-state index contributed by atoms with van der Waals surface area (Å²) in [5.41, 5.74) is 0.631. The van der Waals surface area contributed by atoms with Crippen molar-refractivity contribution in [3.63, 3.8) is 0 Å². The van der Waals surface area contributed by atoms with E-state index in [4.69, 9.17) is 5.11 Å². The van der Waals surface area contributed by atoms with Crippen LogP contribution in [0.2, 0.25) is 0 Å². The Morgan fingerprint density at radius 3 is 2.83 bits per heavy atom. The summed E-state index contributed by atoms with van der Waals surface area (Å²) in [7, 11) is 0. The molecule has 0 aromatic heterocycles. The van der Waals surface area contributed by atoms with Crippen molar-refractivity contribution in [3.8, 4) is 0 Å². The summed E-state index contributed by atoms with van der Waals surface area (Å²) in [5.74, 6) is -1.01. The number of nitrogens with one attached hydrogen (secondary N) is 1. The number of hydrogen-bond acceptors (Lipinski definition) is 2. The maximum Gasteiger partial charge on any atom is 0.335 e. The molecule has 0 aliphatic heterocycles. The summed E-state index contributed by atoms with van der Waals surface area (Å²) in [5, 5.41) is 10.9. The summed E-state index contributed by atoms with van der Waals surface area (Å²) in [6.07, 6.45) is 0.501. The molecule has 0 aliphatic carbocycles. The number of hydrogen-bond donors (Lipinski definition) is 2. The van der Waals surface area contributed by atoms with Crippen LogP contribution in [0.3, 0.4) is 0 Å². The maximum absolute atomic E-state index is 10.4. The molecule has 0 saturated heterocycles. The normalized spacial score (nSPS) is 9.00. The van der Waals surface area contributed by atoms with Gasteiger partial charge in [0, 0.05) is 5.69 Å². The molecule has 1 aromatic rings. The fraction of sp³-hybridized carbons (Fsp3) is 0. The smallest absolute Gasteiger partial charge is 0.335 e. The van der Waals surface area contributed by atoms with E-state index in [9.17, 15) is 9.59 Å². The number of carboxylic acids is 1. The molecule has 1 aromatic carbocycles. The van der Waals surface area contributed by atoms with Gasteiger partial charge in [0.2, 0.25) is 6.41 Å². The van der Waals surface area contributed by atoms with Crippen molar-refractivity contribution < 1.29 is 14.7 Å². The molecular formula is C8H7NO3. The van der Waals surface area contributed by atoms with E-state index in [-0.39, 0.29) is 5.56 Å². The number of carbonyl (C=O) groups is 2. The molecule has 0 unspecified atom stereocenters. The van der Waals surface area contributed by atoms with Crippen molar-refractivity contribution in [1.82, 2.24) is 0 Å². The van der Waals surface area contributed by atoms with Crippen molar-refractivity contribution >= 4 is 18.1 Å². The Morgan fingerprint density at radius 2 is 2.25 bits per heavy atom. The average molecular weight is 165 g/mol. The summed E-state index contributed by atoms with van der Waals surface area (Å²) < 4.78 is 0. The third-order valence-electron chi connectivity index (χ3n) is 1.34. The van der Waals surface area contributed by atoms with Crippen LogP contribution in [-0.4, -0.2) is 17.5 Å². The number of amides is 1. The van der Waals surface area contributed by atoms with Crippen molar-refractivity contribution in [3.05, 3.63) is 29.8 Å². The Balaban J connectivity index is 2.95. The average Bonchev–Trinajstić information content (AvgIpc) is 2.05. The van der Waals surface area contributed by atoms with Crippen LogP contribution in [-0.2, 0) is 4.79 Å². The van der Waals surface area contributed by atoms with E-state index in [0.717, 1.165) is 0 Å². The lowest BCUT2D eigenvalue weighted by atomic mass is 10.2. The van der Waals surface area contributed by atoms with Gasteiger partial charge in [0.05, 0.1) is 5.56 Å². The minimum atomic E-state index is -1.01. The van der Waals surface area contributed by atoms with Gasteiger partial charge in [-0.25, -0.2) is 4.79 Å². The molecule has 4 heteroatoms. The summed E-state index contributed by atoms with van der Waals surface area (Å²) in [6, 6.07) is 6.02. The molecule has 2 N–H and O–H groups in total. The Bertz CT molecular complexity index is 309. The lowest BCUT2D eigenvalue weighted by Crippen LogP contribution is -1.99. The van der Waals surface area contributed by atoms with Crippen LogP contribution in [0.1, 0.15) is 10.4 Å². The number of carboxylic acid groups (broad SMARTS) is 1. The summed E-state index contributed by atoms with van der Waals surface area (Å²) in [6.45, 7) is 0. The Labute approximate surface area is 68.8 Å². The zero-order chi connectivity index (χ0) is 8.97. The highest BCUT2D eigenvalue weighted by molar-refractivity contribution is 5.89. The molecule has 1 rings (SSSR count). The van der Waals surface area contributed by atoms with Gasteiger partial charge in [-0.3, -0.25) is 4.79 Å². The van der Waals surface area contributed by atoms with Crippen LogP contribution in [0.25, 0.3) is 0 Å². The van der Waals surface area contributed by atoms with Gasteiger partial charge in [0.1, 0.15) is 0 Å². The number of rotatable bonds is 3. The van der Waals surface area contributed by atoms with Crippen LogP contribution in [0.5, 0.6) is 0 Å². The topological polar surface area (TPSA) is 66.4 Å². The minimum Gasteiger partial charge on any atom is -0.478 e. The van der Waals surface area contributed by atoms with E-state index in [1.54, 1.807) is 12.1 Å². The highest BCUT2D eigenvalue weighted by Crippen LogP contribution is 2.09. The monoisotopic (exact) mass is 165 g/mol. The van der Waals surface area contributed by atoms with Crippen LogP contribution < -0.4 is 5.32 Å². The number of anilines is 1. The standard InChI is InChI=1S/C8H7NO3/c10-5-9-7-3-1-2-6(4-7)8(11)12/h1-5H,(H,9,10)(H,11,12). The number of aromatic carboxylic acids is 1. The quantitative estimate of drug-likeness (QED) is 0.655. The highest BCUT2D eigenvalue weighted by Gasteiger charge is 2.01. The van der Waals surface area contributed by atoms with E-state index in [2.05, 4.69) is 5.32 Å². The predicted octanol–water partition coefficient (Wildman–Crippen LogP) is 0.953. The number of benzene rings is 1. The first-order chi connectivity index (χ1) is 5.74. The summed E-state index contributed by atoms with van der Waals surface area (Å²) in [4.78, 5) is 20.4. The van der Waals surface area contributed by atoms with Gasteiger partial charge in [0.15, 0.2) is 0 Å². The van der Waals surface area contributed by atoms with Gasteiger partial charge in [-0.15, -0.1) is 0 Å². The molecule has 62 valence electrons. The minimum absolute atomic E-state index is 0.154. The lowest BCUT2D eigenvalue weighted by Gasteiger charge is -1.98. The van der Waals surface area contributed by atoms with Gasteiger partial charge in [-0.2, -0.15) is 0 Å². The number of carbonyl (C=O) groups excluding carboxylic acids is 1. The molecule has 0 aliphatic rings. The zero-order valence-corrected chi connectivity index (χ0v) is 6.15. The van der Waals surface area contributed by atoms with Crippen molar-refractivity contribution in [1.29, 1.82) is 0 Å². The third-order valence-corrected chi connectivity index (χ3v) is 1.34. The molecule has 0 atom stereocenters. The largest absolute Gasteiger partial charge is 0.478 e. The maximum atomic E-state index is 10.4. The van der Waals surface area contributed by atoms with Crippen molar-refractivity contribution in [2.45, 2.75) is 0 Å². The molecule has 0 fully saturated rings. The lowest BCUT2D eigenvalue weighted by molar-refractivity contribution is -0.105. The van der Waals surface area contributed by atoms with Crippen LogP contribution >= 0.6 is 0 Å². The molecule has 0 heterocycles. The van der Waals surface area contributed by atoms with Crippen LogP contribution in [0, 0.1) is 0 Å². The molecule has 1 amide bonds. The van der Waals surface area contributed by atoms with Gasteiger partial charge in [-0.1, -0.05) is 6.07 Å². The fourth-order valence-corrected chi connectivity index (χ4v) is 0.810. The molecule has 0 saturated carbocycles. The molecule has 12 heavy (non-hydrogen) atoms. The predicted molar refractivity (Wildman–Crippen MR) is 43.1 cm³/mol. The van der Waals surface area contributed by atoms with Gasteiger partial charge >= 0.3 is 5.97 Å². The second-order valence-corrected chi connectivity index (χ2v) is 2.15. The van der Waals surface area contributed by atoms with Gasteiger partial charge in [-0.05, 0) is 18.2 Å².